The molecule has 0 amide bonds. The number of benzene rings is 2. The lowest BCUT2D eigenvalue weighted by Gasteiger charge is -2.10. The number of aryl methyl sites for hydroxylation is 1. The average molecular weight is 300 g/mol. The molecule has 0 atom stereocenters. The number of hydrogen-bond acceptors (Lipinski definition) is 3. The zero-order chi connectivity index (χ0) is 15.3. The summed E-state index contributed by atoms with van der Waals surface area (Å²) < 4.78 is 27.2. The first kappa shape index (κ1) is 15.2. The lowest BCUT2D eigenvalue weighted by atomic mass is 10.1. The van der Waals surface area contributed by atoms with Crippen LogP contribution in [0.15, 0.2) is 53.4 Å². The Morgan fingerprint density at radius 1 is 1.05 bits per heavy atom. The predicted molar refractivity (Wildman–Crippen MR) is 81.0 cm³/mol. The van der Waals surface area contributed by atoms with E-state index >= 15 is 0 Å². The van der Waals surface area contributed by atoms with Gasteiger partial charge in [0.1, 0.15) is 6.07 Å². The summed E-state index contributed by atoms with van der Waals surface area (Å²) in [6.45, 7) is 2.24. The van der Waals surface area contributed by atoms with E-state index in [-0.39, 0.29) is 17.0 Å². The van der Waals surface area contributed by atoms with Crippen LogP contribution in [0.2, 0.25) is 0 Å². The number of nitriles is 1. The van der Waals surface area contributed by atoms with Crippen LogP contribution >= 0.6 is 0 Å². The Bertz CT molecular complexity index is 777. The van der Waals surface area contributed by atoms with Crippen LogP contribution in [0.1, 0.15) is 23.6 Å². The summed E-state index contributed by atoms with van der Waals surface area (Å²) in [5.74, 6) is 0. The van der Waals surface area contributed by atoms with Crippen molar-refractivity contribution in [3.05, 3.63) is 65.2 Å². The van der Waals surface area contributed by atoms with Crippen LogP contribution in [0.4, 0.5) is 0 Å². The van der Waals surface area contributed by atoms with Gasteiger partial charge in [0, 0.05) is 6.54 Å². The third kappa shape index (κ3) is 3.48. The molecule has 0 fully saturated rings. The van der Waals surface area contributed by atoms with Gasteiger partial charge in [-0.15, -0.1) is 0 Å². The van der Waals surface area contributed by atoms with Gasteiger partial charge in [0.05, 0.1) is 10.5 Å². The second kappa shape index (κ2) is 6.53. The molecule has 0 aliphatic carbocycles. The van der Waals surface area contributed by atoms with E-state index < -0.39 is 10.0 Å². The molecular weight excluding hydrogens is 284 g/mol. The number of nitrogens with zero attached hydrogens (tertiary/aromatic N) is 1. The third-order valence-corrected chi connectivity index (χ3v) is 4.71. The Morgan fingerprint density at radius 2 is 1.67 bits per heavy atom. The van der Waals surface area contributed by atoms with Crippen LogP contribution in [0.5, 0.6) is 0 Å². The van der Waals surface area contributed by atoms with E-state index in [4.69, 9.17) is 5.26 Å². The molecule has 0 spiro atoms. The topological polar surface area (TPSA) is 70.0 Å². The SMILES string of the molecule is CCc1ccccc1CNS(=O)(=O)c1ccccc1C#N. The quantitative estimate of drug-likeness (QED) is 0.922. The zero-order valence-corrected chi connectivity index (χ0v) is 12.5. The molecule has 0 heterocycles. The summed E-state index contributed by atoms with van der Waals surface area (Å²) in [7, 11) is -3.70. The number of hydrogen-bond donors (Lipinski definition) is 1. The van der Waals surface area contributed by atoms with Crippen molar-refractivity contribution in [2.24, 2.45) is 0 Å². The lowest BCUT2D eigenvalue weighted by Crippen LogP contribution is -2.24. The van der Waals surface area contributed by atoms with E-state index in [1.165, 1.54) is 12.1 Å². The van der Waals surface area contributed by atoms with Gasteiger partial charge in [0.15, 0.2) is 0 Å². The maximum atomic E-state index is 12.3. The van der Waals surface area contributed by atoms with Crippen molar-refractivity contribution in [1.29, 1.82) is 5.26 Å². The van der Waals surface area contributed by atoms with Crippen LogP contribution in [0.25, 0.3) is 0 Å². The number of sulfonamides is 1. The first-order valence-corrected chi connectivity index (χ1v) is 8.12. The first-order valence-electron chi connectivity index (χ1n) is 6.64. The van der Waals surface area contributed by atoms with Gasteiger partial charge in [-0.25, -0.2) is 13.1 Å². The molecular formula is C16H16N2O2S. The molecule has 108 valence electrons. The Labute approximate surface area is 125 Å². The van der Waals surface area contributed by atoms with Crippen LogP contribution in [0, 0.1) is 11.3 Å². The van der Waals surface area contributed by atoms with Gasteiger partial charge < -0.3 is 0 Å². The molecule has 0 aliphatic rings. The van der Waals surface area contributed by atoms with E-state index in [0.717, 1.165) is 17.5 Å². The lowest BCUT2D eigenvalue weighted by molar-refractivity contribution is 0.581. The second-order valence-corrected chi connectivity index (χ2v) is 6.29. The van der Waals surface area contributed by atoms with Crippen molar-refractivity contribution in [3.63, 3.8) is 0 Å². The van der Waals surface area contributed by atoms with Crippen LogP contribution < -0.4 is 4.72 Å². The standard InChI is InChI=1S/C16H16N2O2S/c1-2-13-7-3-4-9-15(13)12-18-21(19,20)16-10-6-5-8-14(16)11-17/h3-10,18H,2,12H2,1H3. The van der Waals surface area contributed by atoms with Gasteiger partial charge >= 0.3 is 0 Å². The van der Waals surface area contributed by atoms with Crippen molar-refractivity contribution >= 4 is 10.0 Å². The highest BCUT2D eigenvalue weighted by atomic mass is 32.2. The summed E-state index contributed by atoms with van der Waals surface area (Å²) in [5.41, 5.74) is 2.19. The molecule has 0 saturated carbocycles. The zero-order valence-electron chi connectivity index (χ0n) is 11.7. The molecule has 0 saturated heterocycles. The number of nitrogens with one attached hydrogen (secondary N) is 1. The Kier molecular flexibility index (Phi) is 4.73. The summed E-state index contributed by atoms with van der Waals surface area (Å²) in [4.78, 5) is 0.0153. The molecule has 5 heteroatoms. The van der Waals surface area contributed by atoms with Crippen molar-refractivity contribution in [2.45, 2.75) is 24.8 Å². The fraction of sp³-hybridized carbons (Fsp3) is 0.188. The average Bonchev–Trinajstić information content (AvgIpc) is 2.53. The third-order valence-electron chi connectivity index (χ3n) is 3.25. The minimum absolute atomic E-state index is 0.0153. The molecule has 0 bridgehead atoms. The van der Waals surface area contributed by atoms with Gasteiger partial charge in [0.2, 0.25) is 10.0 Å². The monoisotopic (exact) mass is 300 g/mol. The van der Waals surface area contributed by atoms with Gasteiger partial charge in [-0.3, -0.25) is 0 Å². The van der Waals surface area contributed by atoms with Gasteiger partial charge in [-0.1, -0.05) is 43.3 Å². The molecule has 4 nitrogen and oxygen atoms in total. The van der Waals surface area contributed by atoms with Crippen molar-refractivity contribution < 1.29 is 8.42 Å². The normalized spacial score (nSPS) is 11.0. The Balaban J connectivity index is 2.25. The summed E-state index contributed by atoms with van der Waals surface area (Å²) in [6.07, 6.45) is 0.840. The minimum atomic E-state index is -3.70. The van der Waals surface area contributed by atoms with E-state index in [1.54, 1.807) is 12.1 Å². The molecule has 0 unspecified atom stereocenters. The largest absolute Gasteiger partial charge is 0.242 e. The summed E-state index contributed by atoms with van der Waals surface area (Å²) in [5, 5.41) is 9.01. The molecule has 21 heavy (non-hydrogen) atoms. The van der Waals surface area contributed by atoms with Crippen LogP contribution in [0.3, 0.4) is 0 Å². The summed E-state index contributed by atoms with van der Waals surface area (Å²) >= 11 is 0. The highest BCUT2D eigenvalue weighted by molar-refractivity contribution is 7.89. The van der Waals surface area contributed by atoms with Gasteiger partial charge in [-0.2, -0.15) is 5.26 Å². The number of rotatable bonds is 5. The maximum Gasteiger partial charge on any atom is 0.242 e. The van der Waals surface area contributed by atoms with E-state index in [0.29, 0.717) is 0 Å². The fourth-order valence-electron chi connectivity index (χ4n) is 2.12. The highest BCUT2D eigenvalue weighted by Gasteiger charge is 2.18. The highest BCUT2D eigenvalue weighted by Crippen LogP contribution is 2.16. The van der Waals surface area contributed by atoms with Gasteiger partial charge in [-0.05, 0) is 29.7 Å². The summed E-state index contributed by atoms with van der Waals surface area (Å²) in [6, 6.07) is 15.8. The smallest absolute Gasteiger partial charge is 0.207 e. The Hall–Kier alpha value is -2.16. The molecule has 2 aromatic carbocycles. The van der Waals surface area contributed by atoms with E-state index in [9.17, 15) is 8.42 Å². The molecule has 2 aromatic rings. The molecule has 1 N–H and O–H groups in total. The minimum Gasteiger partial charge on any atom is -0.207 e. The molecule has 0 radical (unpaired) electrons. The Morgan fingerprint density at radius 3 is 2.33 bits per heavy atom. The van der Waals surface area contributed by atoms with Crippen LogP contribution in [-0.2, 0) is 23.0 Å². The fourth-order valence-corrected chi connectivity index (χ4v) is 3.28. The molecule has 0 aliphatic heterocycles. The first-order chi connectivity index (χ1) is 10.1. The second-order valence-electron chi connectivity index (χ2n) is 4.55. The van der Waals surface area contributed by atoms with Crippen molar-refractivity contribution in [1.82, 2.24) is 4.72 Å². The van der Waals surface area contributed by atoms with E-state index in [2.05, 4.69) is 4.72 Å². The van der Waals surface area contributed by atoms with Crippen molar-refractivity contribution in [2.75, 3.05) is 0 Å². The van der Waals surface area contributed by atoms with Gasteiger partial charge in [0.25, 0.3) is 0 Å². The molecule has 2 rings (SSSR count). The van der Waals surface area contributed by atoms with Crippen molar-refractivity contribution in [3.8, 4) is 6.07 Å². The van der Waals surface area contributed by atoms with E-state index in [1.807, 2.05) is 37.3 Å². The maximum absolute atomic E-state index is 12.3. The van der Waals surface area contributed by atoms with Crippen LogP contribution in [-0.4, -0.2) is 8.42 Å². The molecule has 0 aromatic heterocycles. The predicted octanol–water partition coefficient (Wildman–Crippen LogP) is 2.60.